The van der Waals surface area contributed by atoms with Gasteiger partial charge in [0.2, 0.25) is 0 Å². The number of hydrogen-bond donors (Lipinski definition) is 0. The summed E-state index contributed by atoms with van der Waals surface area (Å²) >= 11 is 0. The quantitative estimate of drug-likeness (QED) is 0.313. The van der Waals surface area contributed by atoms with E-state index in [2.05, 4.69) is 20.8 Å². The van der Waals surface area contributed by atoms with Crippen LogP contribution in [0.25, 0.3) is 0 Å². The van der Waals surface area contributed by atoms with E-state index in [-0.39, 0.29) is 6.29 Å². The van der Waals surface area contributed by atoms with Gasteiger partial charge in [-0.25, -0.2) is 0 Å². The second kappa shape index (κ2) is 14.8. The number of hydrogen-bond acceptors (Lipinski definition) is 3. The van der Waals surface area contributed by atoms with Gasteiger partial charge in [0, 0.05) is 13.7 Å². The van der Waals surface area contributed by atoms with Crippen LogP contribution in [0.4, 0.5) is 0 Å². The third-order valence-corrected chi connectivity index (χ3v) is 3.81. The van der Waals surface area contributed by atoms with Crippen LogP contribution in [0.2, 0.25) is 0 Å². The van der Waals surface area contributed by atoms with Crippen molar-refractivity contribution in [2.45, 2.75) is 78.9 Å². The molecule has 0 bridgehead atoms. The lowest BCUT2D eigenvalue weighted by Crippen LogP contribution is -2.19. The summed E-state index contributed by atoms with van der Waals surface area (Å²) in [6.07, 6.45) is 8.85. The molecule has 21 heavy (non-hydrogen) atoms. The van der Waals surface area contributed by atoms with Crippen molar-refractivity contribution < 1.29 is 14.2 Å². The van der Waals surface area contributed by atoms with Crippen LogP contribution >= 0.6 is 0 Å². The lowest BCUT2D eigenvalue weighted by Gasteiger charge is -2.18. The van der Waals surface area contributed by atoms with Crippen molar-refractivity contribution in [1.82, 2.24) is 0 Å². The minimum atomic E-state index is -0.0543. The van der Waals surface area contributed by atoms with Crippen molar-refractivity contribution >= 4 is 0 Å². The lowest BCUT2D eigenvalue weighted by molar-refractivity contribution is -0.150. The van der Waals surface area contributed by atoms with Gasteiger partial charge in [0.1, 0.15) is 0 Å². The molecule has 128 valence electrons. The molecule has 0 aliphatic carbocycles. The minimum absolute atomic E-state index is 0.0543. The fourth-order valence-electron chi connectivity index (χ4n) is 2.49. The number of methoxy groups -OCH3 is 1. The Morgan fingerprint density at radius 1 is 0.762 bits per heavy atom. The second-order valence-electron chi connectivity index (χ2n) is 6.46. The Hall–Kier alpha value is -0.120. The SMILES string of the molecule is CCOC(CCCCC(C)CCCC(C)C)OCCOC. The largest absolute Gasteiger partial charge is 0.382 e. The molecule has 0 radical (unpaired) electrons. The molecule has 0 aromatic carbocycles. The summed E-state index contributed by atoms with van der Waals surface area (Å²) in [4.78, 5) is 0. The second-order valence-corrected chi connectivity index (χ2v) is 6.46. The van der Waals surface area contributed by atoms with Crippen LogP contribution < -0.4 is 0 Å². The minimum Gasteiger partial charge on any atom is -0.382 e. The van der Waals surface area contributed by atoms with Gasteiger partial charge in [0.15, 0.2) is 6.29 Å². The molecule has 0 aromatic rings. The maximum atomic E-state index is 5.67. The summed E-state index contributed by atoms with van der Waals surface area (Å²) in [7, 11) is 1.69. The molecule has 0 N–H and O–H groups in total. The Balaban J connectivity index is 3.59. The molecule has 2 atom stereocenters. The zero-order valence-electron chi connectivity index (χ0n) is 15.0. The summed E-state index contributed by atoms with van der Waals surface area (Å²) in [6, 6.07) is 0. The van der Waals surface area contributed by atoms with Gasteiger partial charge in [-0.15, -0.1) is 0 Å². The molecule has 0 spiro atoms. The van der Waals surface area contributed by atoms with Crippen LogP contribution in [0.1, 0.15) is 72.6 Å². The molecule has 0 aliphatic heterocycles. The van der Waals surface area contributed by atoms with E-state index in [4.69, 9.17) is 14.2 Å². The third-order valence-electron chi connectivity index (χ3n) is 3.81. The average Bonchev–Trinajstić information content (AvgIpc) is 2.43. The van der Waals surface area contributed by atoms with Crippen molar-refractivity contribution in [2.24, 2.45) is 11.8 Å². The van der Waals surface area contributed by atoms with Crippen molar-refractivity contribution in [3.8, 4) is 0 Å². The molecule has 0 heterocycles. The van der Waals surface area contributed by atoms with E-state index in [0.717, 1.165) is 18.3 Å². The van der Waals surface area contributed by atoms with Crippen molar-refractivity contribution in [1.29, 1.82) is 0 Å². The van der Waals surface area contributed by atoms with Crippen LogP contribution in [0.15, 0.2) is 0 Å². The smallest absolute Gasteiger partial charge is 0.157 e. The normalized spacial score (nSPS) is 14.6. The Kier molecular flexibility index (Phi) is 14.7. The van der Waals surface area contributed by atoms with E-state index >= 15 is 0 Å². The summed E-state index contributed by atoms with van der Waals surface area (Å²) in [5.74, 6) is 1.69. The van der Waals surface area contributed by atoms with Crippen molar-refractivity contribution in [3.05, 3.63) is 0 Å². The Morgan fingerprint density at radius 3 is 2.05 bits per heavy atom. The Labute approximate surface area is 132 Å². The van der Waals surface area contributed by atoms with Crippen molar-refractivity contribution in [3.63, 3.8) is 0 Å². The molecule has 2 unspecified atom stereocenters. The summed E-state index contributed by atoms with van der Waals surface area (Å²) in [6.45, 7) is 11.0. The molecular formula is C18H38O3. The molecule has 0 saturated carbocycles. The lowest BCUT2D eigenvalue weighted by atomic mass is 9.95. The Morgan fingerprint density at radius 2 is 1.43 bits per heavy atom. The first kappa shape index (κ1) is 20.9. The molecule has 0 amide bonds. The van der Waals surface area contributed by atoms with Crippen molar-refractivity contribution in [2.75, 3.05) is 26.9 Å². The van der Waals surface area contributed by atoms with Crippen LogP contribution in [0.5, 0.6) is 0 Å². The zero-order chi connectivity index (χ0) is 15.9. The van der Waals surface area contributed by atoms with Gasteiger partial charge in [-0.05, 0) is 31.6 Å². The number of rotatable bonds is 15. The van der Waals surface area contributed by atoms with E-state index < -0.39 is 0 Å². The highest BCUT2D eigenvalue weighted by Gasteiger charge is 2.09. The molecule has 0 fully saturated rings. The molecule has 0 aliphatic rings. The van der Waals surface area contributed by atoms with Crippen LogP contribution in [-0.4, -0.2) is 33.2 Å². The molecule has 0 aromatic heterocycles. The van der Waals surface area contributed by atoms with Gasteiger partial charge < -0.3 is 14.2 Å². The first-order valence-corrected chi connectivity index (χ1v) is 8.82. The highest BCUT2D eigenvalue weighted by molar-refractivity contribution is 4.57. The number of ether oxygens (including phenoxy) is 3. The maximum Gasteiger partial charge on any atom is 0.157 e. The number of unbranched alkanes of at least 4 members (excludes halogenated alkanes) is 1. The van der Waals surface area contributed by atoms with E-state index in [0.29, 0.717) is 19.8 Å². The van der Waals surface area contributed by atoms with Gasteiger partial charge in [-0.2, -0.15) is 0 Å². The van der Waals surface area contributed by atoms with E-state index in [1.165, 1.54) is 38.5 Å². The molecular weight excluding hydrogens is 264 g/mol. The fraction of sp³-hybridized carbons (Fsp3) is 1.00. The first-order valence-electron chi connectivity index (χ1n) is 8.82. The highest BCUT2D eigenvalue weighted by Crippen LogP contribution is 2.18. The van der Waals surface area contributed by atoms with Crippen LogP contribution in [0, 0.1) is 11.8 Å². The maximum absolute atomic E-state index is 5.67. The van der Waals surface area contributed by atoms with E-state index in [1.807, 2.05) is 6.92 Å². The standard InChI is InChI=1S/C18H38O3/c1-6-20-18(21-15-14-19-5)13-8-7-11-17(4)12-9-10-16(2)3/h16-18H,6-15H2,1-5H3. The zero-order valence-corrected chi connectivity index (χ0v) is 15.0. The molecule has 3 heteroatoms. The van der Waals surface area contributed by atoms with Gasteiger partial charge in [0.05, 0.1) is 13.2 Å². The average molecular weight is 302 g/mol. The van der Waals surface area contributed by atoms with Gasteiger partial charge >= 0.3 is 0 Å². The summed E-state index contributed by atoms with van der Waals surface area (Å²) < 4.78 is 16.3. The van der Waals surface area contributed by atoms with Crippen LogP contribution in [-0.2, 0) is 14.2 Å². The first-order chi connectivity index (χ1) is 10.1. The molecule has 0 rings (SSSR count). The monoisotopic (exact) mass is 302 g/mol. The Bertz CT molecular complexity index is 207. The summed E-state index contributed by atoms with van der Waals surface area (Å²) in [5.41, 5.74) is 0. The third kappa shape index (κ3) is 14.6. The summed E-state index contributed by atoms with van der Waals surface area (Å²) in [5, 5.41) is 0. The van der Waals surface area contributed by atoms with Crippen LogP contribution in [0.3, 0.4) is 0 Å². The molecule has 0 saturated heterocycles. The fourth-order valence-corrected chi connectivity index (χ4v) is 2.49. The van der Waals surface area contributed by atoms with Gasteiger partial charge in [-0.1, -0.05) is 52.9 Å². The van der Waals surface area contributed by atoms with Gasteiger partial charge in [0.25, 0.3) is 0 Å². The van der Waals surface area contributed by atoms with Gasteiger partial charge in [-0.3, -0.25) is 0 Å². The molecule has 3 nitrogen and oxygen atoms in total. The highest BCUT2D eigenvalue weighted by atomic mass is 16.7. The van der Waals surface area contributed by atoms with E-state index in [1.54, 1.807) is 7.11 Å². The predicted molar refractivity (Wildman–Crippen MR) is 89.6 cm³/mol. The topological polar surface area (TPSA) is 27.7 Å². The van der Waals surface area contributed by atoms with E-state index in [9.17, 15) is 0 Å². The predicted octanol–water partition coefficient (Wildman–Crippen LogP) is 5.03.